The second-order valence-corrected chi connectivity index (χ2v) is 11.1. The molecule has 0 unspecified atom stereocenters. The van der Waals surface area contributed by atoms with Gasteiger partial charge in [0, 0.05) is 15.3 Å². The van der Waals surface area contributed by atoms with Crippen molar-refractivity contribution in [2.24, 2.45) is 0 Å². The zero-order valence-electron chi connectivity index (χ0n) is 22.2. The van der Waals surface area contributed by atoms with Gasteiger partial charge in [-0.2, -0.15) is 0 Å². The molecule has 5 rings (SSSR count). The number of fused-ring (bicyclic) bond motifs is 1. The molecule has 204 valence electrons. The van der Waals surface area contributed by atoms with E-state index in [9.17, 15) is 14.4 Å². The number of anilines is 1. The summed E-state index contributed by atoms with van der Waals surface area (Å²) in [6, 6.07) is 18.9. The predicted molar refractivity (Wildman–Crippen MR) is 160 cm³/mol. The van der Waals surface area contributed by atoms with E-state index in [0.29, 0.717) is 21.8 Å². The summed E-state index contributed by atoms with van der Waals surface area (Å²) >= 11 is 2.71. The fourth-order valence-corrected chi connectivity index (χ4v) is 6.46. The monoisotopic (exact) mass is 573 g/mol. The van der Waals surface area contributed by atoms with Crippen molar-refractivity contribution in [3.63, 3.8) is 0 Å². The topological polar surface area (TPSA) is 99.5 Å². The molecule has 3 aromatic heterocycles. The van der Waals surface area contributed by atoms with Crippen molar-refractivity contribution in [3.8, 4) is 27.3 Å². The summed E-state index contributed by atoms with van der Waals surface area (Å²) in [5.74, 6) is -0.225. The van der Waals surface area contributed by atoms with Gasteiger partial charge in [0.1, 0.15) is 22.1 Å². The maximum atomic E-state index is 13.6. The molecule has 0 saturated heterocycles. The van der Waals surface area contributed by atoms with E-state index in [1.165, 1.54) is 33.6 Å². The zero-order chi connectivity index (χ0) is 28.2. The fourth-order valence-electron chi connectivity index (χ4n) is 4.39. The maximum absolute atomic E-state index is 13.6. The minimum absolute atomic E-state index is 0.209. The highest BCUT2D eigenvalue weighted by Gasteiger charge is 2.22. The first-order valence-electron chi connectivity index (χ1n) is 12.8. The van der Waals surface area contributed by atoms with Crippen LogP contribution in [-0.4, -0.2) is 34.6 Å². The largest absolute Gasteiger partial charge is 0.494 e. The van der Waals surface area contributed by atoms with Crippen LogP contribution >= 0.6 is 22.7 Å². The van der Waals surface area contributed by atoms with E-state index in [2.05, 4.69) is 10.3 Å². The highest BCUT2D eigenvalue weighted by molar-refractivity contribution is 7.20. The van der Waals surface area contributed by atoms with Crippen molar-refractivity contribution in [1.29, 1.82) is 0 Å². The number of hydrogen-bond acceptors (Lipinski definition) is 8. The van der Waals surface area contributed by atoms with Crippen LogP contribution in [-0.2, 0) is 16.1 Å². The number of carbonyl (C=O) groups is 2. The molecule has 0 aliphatic carbocycles. The van der Waals surface area contributed by atoms with Crippen molar-refractivity contribution in [3.05, 3.63) is 87.8 Å². The van der Waals surface area contributed by atoms with E-state index in [0.717, 1.165) is 32.2 Å². The molecule has 0 fully saturated rings. The molecule has 10 heteroatoms. The number of ether oxygens (including phenoxy) is 2. The molecule has 1 N–H and O–H groups in total. The van der Waals surface area contributed by atoms with Crippen LogP contribution in [0.25, 0.3) is 31.8 Å². The van der Waals surface area contributed by atoms with Crippen molar-refractivity contribution >= 4 is 49.8 Å². The summed E-state index contributed by atoms with van der Waals surface area (Å²) in [6.45, 7) is 6.11. The third-order valence-electron chi connectivity index (χ3n) is 6.16. The number of benzene rings is 2. The summed E-state index contributed by atoms with van der Waals surface area (Å²) in [5.41, 5.74) is 2.55. The Morgan fingerprint density at radius 3 is 2.42 bits per heavy atom. The number of aryl methyl sites for hydroxylation is 1. The average Bonchev–Trinajstić information content (AvgIpc) is 3.52. The zero-order valence-corrected chi connectivity index (χ0v) is 23.9. The van der Waals surface area contributed by atoms with Gasteiger partial charge in [0.15, 0.2) is 0 Å². The van der Waals surface area contributed by atoms with Crippen molar-refractivity contribution in [2.75, 3.05) is 18.5 Å². The van der Waals surface area contributed by atoms with Gasteiger partial charge in [-0.3, -0.25) is 14.2 Å². The van der Waals surface area contributed by atoms with Crippen LogP contribution in [0, 0.1) is 6.92 Å². The van der Waals surface area contributed by atoms with E-state index < -0.39 is 11.9 Å². The number of nitrogens with zero attached hydrogens (tertiary/aromatic N) is 2. The highest BCUT2D eigenvalue weighted by Crippen LogP contribution is 2.37. The minimum Gasteiger partial charge on any atom is -0.494 e. The van der Waals surface area contributed by atoms with Crippen molar-refractivity contribution < 1.29 is 19.1 Å². The van der Waals surface area contributed by atoms with E-state index >= 15 is 0 Å². The van der Waals surface area contributed by atoms with Gasteiger partial charge in [-0.1, -0.05) is 42.5 Å². The number of nitrogens with one attached hydrogen (secondary N) is 1. The maximum Gasteiger partial charge on any atom is 0.341 e. The fraction of sp³-hybridized carbons (Fsp3) is 0.200. The van der Waals surface area contributed by atoms with E-state index in [1.54, 1.807) is 13.0 Å². The van der Waals surface area contributed by atoms with Gasteiger partial charge in [-0.15, -0.1) is 22.7 Å². The molecule has 0 spiro atoms. The Kier molecular flexibility index (Phi) is 8.09. The Morgan fingerprint density at radius 2 is 1.73 bits per heavy atom. The molecular weight excluding hydrogens is 546 g/mol. The third kappa shape index (κ3) is 5.54. The van der Waals surface area contributed by atoms with Crippen molar-refractivity contribution in [2.45, 2.75) is 27.3 Å². The lowest BCUT2D eigenvalue weighted by molar-refractivity contribution is -0.116. The Labute approximate surface area is 238 Å². The van der Waals surface area contributed by atoms with Gasteiger partial charge in [-0.05, 0) is 50.1 Å². The summed E-state index contributed by atoms with van der Waals surface area (Å²) in [6.07, 6.45) is 1.39. The van der Waals surface area contributed by atoms with Crippen LogP contribution in [0.15, 0.2) is 71.8 Å². The molecule has 40 heavy (non-hydrogen) atoms. The van der Waals surface area contributed by atoms with Crippen molar-refractivity contribution in [1.82, 2.24) is 9.55 Å². The molecule has 8 nitrogen and oxygen atoms in total. The van der Waals surface area contributed by atoms with E-state index in [1.807, 2.05) is 68.4 Å². The number of rotatable bonds is 9. The first kappa shape index (κ1) is 27.3. The van der Waals surface area contributed by atoms with Crippen LogP contribution in [0.5, 0.6) is 5.75 Å². The predicted octanol–water partition coefficient (Wildman–Crippen LogP) is 6.38. The standard InChI is InChI=1S/C30H27N3O5S2/c1-4-37-21-13-11-20(12-14-21)25-18(3)39-28-26(25)29(35)33(17-31-28)16-24(34)32-27-22(30(36)38-5-2)15-23(40-27)19-9-7-6-8-10-19/h6-15,17H,4-5,16H2,1-3H3,(H,32,34). The van der Waals surface area contributed by atoms with Gasteiger partial charge in [0.2, 0.25) is 5.91 Å². The molecule has 2 aromatic carbocycles. The summed E-state index contributed by atoms with van der Waals surface area (Å²) in [5, 5.41) is 3.65. The van der Waals surface area contributed by atoms with Gasteiger partial charge in [-0.25, -0.2) is 9.78 Å². The quantitative estimate of drug-likeness (QED) is 0.206. The molecule has 0 saturated carbocycles. The minimum atomic E-state index is -0.523. The molecule has 0 bridgehead atoms. The number of carbonyl (C=O) groups excluding carboxylic acids is 2. The number of aromatic nitrogens is 2. The van der Waals surface area contributed by atoms with Crippen LogP contribution in [0.1, 0.15) is 29.1 Å². The van der Waals surface area contributed by atoms with Crippen LogP contribution in [0.4, 0.5) is 5.00 Å². The lowest BCUT2D eigenvalue weighted by atomic mass is 10.0. The molecular formula is C30H27N3O5S2. The Morgan fingerprint density at radius 1 is 0.975 bits per heavy atom. The Hall–Kier alpha value is -4.28. The third-order valence-corrected chi connectivity index (χ3v) is 8.27. The normalized spacial score (nSPS) is 11.0. The highest BCUT2D eigenvalue weighted by atomic mass is 32.1. The van der Waals surface area contributed by atoms with E-state index in [-0.39, 0.29) is 24.3 Å². The number of amides is 1. The number of thiophene rings is 2. The first-order chi connectivity index (χ1) is 19.4. The van der Waals surface area contributed by atoms with Gasteiger partial charge in [0.05, 0.1) is 30.5 Å². The Balaban J connectivity index is 1.45. The summed E-state index contributed by atoms with van der Waals surface area (Å²) in [7, 11) is 0. The molecule has 0 aliphatic rings. The summed E-state index contributed by atoms with van der Waals surface area (Å²) < 4.78 is 12.0. The SMILES string of the molecule is CCOC(=O)c1cc(-c2ccccc2)sc1NC(=O)Cn1cnc2sc(C)c(-c3ccc(OCC)cc3)c2c1=O. The van der Waals surface area contributed by atoms with Gasteiger partial charge >= 0.3 is 5.97 Å². The molecule has 5 aromatic rings. The van der Waals surface area contributed by atoms with Crippen LogP contribution in [0.3, 0.4) is 0 Å². The molecule has 0 radical (unpaired) electrons. The number of esters is 1. The molecule has 1 amide bonds. The lowest BCUT2D eigenvalue weighted by Crippen LogP contribution is -2.28. The first-order valence-corrected chi connectivity index (χ1v) is 14.4. The molecule has 3 heterocycles. The second-order valence-electron chi connectivity index (χ2n) is 8.84. The van der Waals surface area contributed by atoms with Crippen LogP contribution in [0.2, 0.25) is 0 Å². The average molecular weight is 574 g/mol. The molecule has 0 atom stereocenters. The number of hydrogen-bond donors (Lipinski definition) is 1. The Bertz CT molecular complexity index is 1740. The smallest absolute Gasteiger partial charge is 0.341 e. The van der Waals surface area contributed by atoms with Crippen LogP contribution < -0.4 is 15.6 Å². The second kappa shape index (κ2) is 11.8. The van der Waals surface area contributed by atoms with Gasteiger partial charge in [0.25, 0.3) is 5.56 Å². The van der Waals surface area contributed by atoms with Gasteiger partial charge < -0.3 is 14.8 Å². The lowest BCUT2D eigenvalue weighted by Gasteiger charge is -2.09. The molecule has 0 aliphatic heterocycles. The van der Waals surface area contributed by atoms with E-state index in [4.69, 9.17) is 9.47 Å². The summed E-state index contributed by atoms with van der Waals surface area (Å²) in [4.78, 5) is 46.2.